The van der Waals surface area contributed by atoms with Gasteiger partial charge in [0.15, 0.2) is 0 Å². The van der Waals surface area contributed by atoms with E-state index in [1.54, 1.807) is 21.6 Å². The summed E-state index contributed by atoms with van der Waals surface area (Å²) in [6, 6.07) is 0. The Bertz CT molecular complexity index is 240. The molecule has 5 heteroatoms. The van der Waals surface area contributed by atoms with E-state index in [-0.39, 0.29) is 5.37 Å². The van der Waals surface area contributed by atoms with Crippen molar-refractivity contribution in [2.24, 2.45) is 0 Å². The average Bonchev–Trinajstić information content (AvgIpc) is 2.45. The highest BCUT2D eigenvalue weighted by Crippen LogP contribution is 2.47. The summed E-state index contributed by atoms with van der Waals surface area (Å²) in [6.07, 6.45) is 0.980. The molecule has 1 aliphatic rings. The fourth-order valence-electron chi connectivity index (χ4n) is 1.26. The highest BCUT2D eigenvalue weighted by Gasteiger charge is 2.26. The second-order valence-electron chi connectivity index (χ2n) is 2.66. The van der Waals surface area contributed by atoms with E-state index < -0.39 is 6.09 Å². The molecule has 1 aliphatic heterocycles. The van der Waals surface area contributed by atoms with Crippen molar-refractivity contribution < 1.29 is 9.90 Å². The van der Waals surface area contributed by atoms with Gasteiger partial charge in [-0.05, 0) is 23.3 Å². The molecule has 0 aromatic heterocycles. The third-order valence-electron chi connectivity index (χ3n) is 1.88. The third kappa shape index (κ3) is 2.57. The molecule has 0 spiro atoms. The van der Waals surface area contributed by atoms with Gasteiger partial charge >= 0.3 is 6.09 Å². The lowest BCUT2D eigenvalue weighted by Crippen LogP contribution is -2.30. The number of allylic oxidation sites excluding steroid dienone is 1. The molecule has 0 aromatic rings. The molecule has 0 aliphatic carbocycles. The lowest BCUT2D eigenvalue weighted by atomic mass is 10.1. The van der Waals surface area contributed by atoms with E-state index in [1.807, 2.05) is 0 Å². The van der Waals surface area contributed by atoms with E-state index in [4.69, 9.17) is 5.11 Å². The summed E-state index contributed by atoms with van der Waals surface area (Å²) in [7, 11) is 3.28. The van der Waals surface area contributed by atoms with Crippen LogP contribution in [0.1, 0.15) is 26.7 Å². The normalized spacial score (nSPS) is 22.2. The summed E-state index contributed by atoms with van der Waals surface area (Å²) in [5.74, 6) is 0. The van der Waals surface area contributed by atoms with Crippen LogP contribution in [-0.2, 0) is 0 Å². The van der Waals surface area contributed by atoms with Gasteiger partial charge in [0.2, 0.25) is 0 Å². The van der Waals surface area contributed by atoms with Crippen LogP contribution in [0.2, 0.25) is 0 Å². The molecular formula is C8H13NO2S2. The van der Waals surface area contributed by atoms with Crippen molar-refractivity contribution >= 4 is 27.7 Å². The molecule has 0 saturated heterocycles. The van der Waals surface area contributed by atoms with Crippen LogP contribution in [0, 0.1) is 0 Å². The fourth-order valence-corrected chi connectivity index (χ4v) is 4.41. The average molecular weight is 219 g/mol. The maximum absolute atomic E-state index is 10.5. The van der Waals surface area contributed by atoms with Crippen molar-refractivity contribution in [3.05, 3.63) is 10.5 Å². The lowest BCUT2D eigenvalue weighted by molar-refractivity contribution is 0.194. The molecular weight excluding hydrogens is 206 g/mol. The van der Waals surface area contributed by atoms with E-state index >= 15 is 0 Å². The minimum Gasteiger partial charge on any atom is -0.465 e. The van der Waals surface area contributed by atoms with Crippen molar-refractivity contribution in [3.8, 4) is 0 Å². The van der Waals surface area contributed by atoms with E-state index in [9.17, 15) is 4.79 Å². The van der Waals surface area contributed by atoms with Gasteiger partial charge in [-0.25, -0.2) is 4.79 Å². The topological polar surface area (TPSA) is 49.3 Å². The molecule has 13 heavy (non-hydrogen) atoms. The molecule has 1 unspecified atom stereocenters. The smallest absolute Gasteiger partial charge is 0.405 e. The predicted molar refractivity (Wildman–Crippen MR) is 57.7 cm³/mol. The highest BCUT2D eigenvalue weighted by atomic mass is 33.1. The van der Waals surface area contributed by atoms with Crippen molar-refractivity contribution in [2.45, 2.75) is 32.1 Å². The summed E-state index contributed by atoms with van der Waals surface area (Å²) in [5, 5.41) is 11.1. The van der Waals surface area contributed by atoms with Gasteiger partial charge in [0.25, 0.3) is 0 Å². The monoisotopic (exact) mass is 219 g/mol. The van der Waals surface area contributed by atoms with Crippen molar-refractivity contribution in [1.82, 2.24) is 5.32 Å². The Morgan fingerprint density at radius 1 is 1.54 bits per heavy atom. The lowest BCUT2D eigenvalue weighted by Gasteiger charge is -2.11. The number of carbonyl (C=O) groups is 1. The molecule has 2 N–H and O–H groups in total. The molecule has 3 nitrogen and oxygen atoms in total. The Kier molecular flexibility index (Phi) is 3.99. The number of amides is 1. The largest absolute Gasteiger partial charge is 0.465 e. The zero-order valence-corrected chi connectivity index (χ0v) is 9.30. The Morgan fingerprint density at radius 3 is 2.69 bits per heavy atom. The minimum absolute atomic E-state index is 0.0394. The standard InChI is InChI=1S/C8H13NO2S2/c1-3-5-6(4-2)12-13-7(5)9-8(10)11/h7,9H,3-4H2,1-2H3,(H,10,11). The molecule has 0 radical (unpaired) electrons. The maximum Gasteiger partial charge on any atom is 0.405 e. The van der Waals surface area contributed by atoms with Gasteiger partial charge in [0, 0.05) is 0 Å². The van der Waals surface area contributed by atoms with Crippen LogP contribution >= 0.6 is 21.6 Å². The van der Waals surface area contributed by atoms with Gasteiger partial charge < -0.3 is 10.4 Å². The van der Waals surface area contributed by atoms with Crippen molar-refractivity contribution in [1.29, 1.82) is 0 Å². The van der Waals surface area contributed by atoms with Crippen molar-refractivity contribution in [2.75, 3.05) is 0 Å². The quantitative estimate of drug-likeness (QED) is 0.716. The van der Waals surface area contributed by atoms with Gasteiger partial charge in [-0.3, -0.25) is 0 Å². The first kappa shape index (κ1) is 10.8. The molecule has 0 bridgehead atoms. The van der Waals surface area contributed by atoms with E-state index in [2.05, 4.69) is 19.2 Å². The Morgan fingerprint density at radius 2 is 2.23 bits per heavy atom. The summed E-state index contributed by atoms with van der Waals surface area (Å²) >= 11 is 0. The number of carboxylic acid groups (broad SMARTS) is 1. The predicted octanol–water partition coefficient (Wildman–Crippen LogP) is 3.05. The summed E-state index contributed by atoms with van der Waals surface area (Å²) < 4.78 is 0. The first-order valence-electron chi connectivity index (χ1n) is 4.23. The van der Waals surface area contributed by atoms with Gasteiger partial charge in [-0.1, -0.05) is 35.4 Å². The number of nitrogens with one attached hydrogen (secondary N) is 1. The van der Waals surface area contributed by atoms with E-state index in [1.165, 1.54) is 10.5 Å². The first-order valence-corrected chi connectivity index (χ1v) is 6.45. The van der Waals surface area contributed by atoms with Crippen LogP contribution in [0.15, 0.2) is 10.5 Å². The van der Waals surface area contributed by atoms with Gasteiger partial charge in [0.1, 0.15) is 5.37 Å². The van der Waals surface area contributed by atoms with Gasteiger partial charge in [0.05, 0.1) is 0 Å². The van der Waals surface area contributed by atoms with Crippen LogP contribution in [0.25, 0.3) is 0 Å². The van der Waals surface area contributed by atoms with Crippen LogP contribution in [0.4, 0.5) is 4.79 Å². The molecule has 1 amide bonds. The molecule has 0 saturated carbocycles. The zero-order valence-electron chi connectivity index (χ0n) is 7.66. The Balaban J connectivity index is 2.68. The van der Waals surface area contributed by atoms with Crippen LogP contribution in [-0.4, -0.2) is 16.6 Å². The number of hydrogen-bond acceptors (Lipinski definition) is 3. The van der Waals surface area contributed by atoms with Crippen molar-refractivity contribution in [3.63, 3.8) is 0 Å². The first-order chi connectivity index (χ1) is 6.19. The van der Waals surface area contributed by atoms with Crippen LogP contribution in [0.3, 0.4) is 0 Å². The van der Waals surface area contributed by atoms with E-state index in [0.29, 0.717) is 0 Å². The molecule has 74 valence electrons. The molecule has 0 fully saturated rings. The van der Waals surface area contributed by atoms with Gasteiger partial charge in [-0.15, -0.1) is 0 Å². The maximum atomic E-state index is 10.5. The van der Waals surface area contributed by atoms with Gasteiger partial charge in [-0.2, -0.15) is 0 Å². The number of rotatable bonds is 3. The fraction of sp³-hybridized carbons (Fsp3) is 0.625. The third-order valence-corrected chi connectivity index (χ3v) is 4.79. The molecule has 0 aromatic carbocycles. The second kappa shape index (κ2) is 4.81. The second-order valence-corrected chi connectivity index (χ2v) is 5.07. The van der Waals surface area contributed by atoms with E-state index in [0.717, 1.165) is 12.8 Å². The minimum atomic E-state index is -0.943. The Hall–Kier alpha value is -0.290. The summed E-state index contributed by atoms with van der Waals surface area (Å²) in [6.45, 7) is 4.16. The molecule has 1 heterocycles. The Labute approximate surface area is 85.8 Å². The SMILES string of the molecule is CCC1=C(CC)C(NC(=O)O)SS1. The highest BCUT2D eigenvalue weighted by molar-refractivity contribution is 8.78. The summed E-state index contributed by atoms with van der Waals surface area (Å²) in [4.78, 5) is 11.8. The molecule has 1 atom stereocenters. The number of hydrogen-bond donors (Lipinski definition) is 2. The molecule has 1 rings (SSSR count). The van der Waals surface area contributed by atoms with Crippen LogP contribution < -0.4 is 5.32 Å². The summed E-state index contributed by atoms with van der Waals surface area (Å²) in [5.41, 5.74) is 1.24. The van der Waals surface area contributed by atoms with Crippen LogP contribution in [0.5, 0.6) is 0 Å². The zero-order chi connectivity index (χ0) is 9.84.